The molecule has 2 N–H and O–H groups in total. The van der Waals surface area contributed by atoms with Crippen LogP contribution in [0.5, 0.6) is 0 Å². The van der Waals surface area contributed by atoms with Gasteiger partial charge in [-0.2, -0.15) is 5.10 Å². The number of rotatable bonds is 4. The number of hydrogen-bond acceptors (Lipinski definition) is 3. The smallest absolute Gasteiger partial charge is 0.159 e. The maximum absolute atomic E-state index is 5.53. The highest BCUT2D eigenvalue weighted by molar-refractivity contribution is 9.10. The van der Waals surface area contributed by atoms with Crippen LogP contribution in [0.3, 0.4) is 0 Å². The molecule has 0 saturated heterocycles. The number of aromatic nitrogens is 2. The first-order valence-corrected chi connectivity index (χ1v) is 4.50. The number of nitrogen functional groups attached to an aromatic ring is 1. The highest BCUT2D eigenvalue weighted by atomic mass is 79.9. The topological polar surface area (TPSA) is 53.1 Å². The monoisotopic (exact) mass is 233 g/mol. The molecule has 68 valence electrons. The van der Waals surface area contributed by atoms with E-state index < -0.39 is 0 Å². The summed E-state index contributed by atoms with van der Waals surface area (Å²) in [5.41, 5.74) is 5.53. The molecule has 4 nitrogen and oxygen atoms in total. The fourth-order valence-corrected chi connectivity index (χ4v) is 1.21. The number of methoxy groups -OCH3 is 1. The molecule has 0 atom stereocenters. The van der Waals surface area contributed by atoms with Crippen LogP contribution >= 0.6 is 15.9 Å². The van der Waals surface area contributed by atoms with Crippen molar-refractivity contribution in [3.8, 4) is 0 Å². The second-order valence-corrected chi connectivity index (χ2v) is 3.33. The van der Waals surface area contributed by atoms with Crippen LogP contribution in [0.4, 0.5) is 5.82 Å². The average molecular weight is 234 g/mol. The number of hydrogen-bond donors (Lipinski definition) is 1. The molecular weight excluding hydrogens is 222 g/mol. The number of ether oxygens (including phenoxy) is 1. The third-order valence-electron chi connectivity index (χ3n) is 1.48. The number of anilines is 1. The molecule has 0 radical (unpaired) electrons. The summed E-state index contributed by atoms with van der Waals surface area (Å²) in [4.78, 5) is 0. The second-order valence-electron chi connectivity index (χ2n) is 2.47. The van der Waals surface area contributed by atoms with Crippen molar-refractivity contribution < 1.29 is 4.74 Å². The maximum atomic E-state index is 5.53. The summed E-state index contributed by atoms with van der Waals surface area (Å²) in [5.74, 6) is 0.535. The van der Waals surface area contributed by atoms with E-state index in [1.807, 2.05) is 6.20 Å². The first kappa shape index (κ1) is 9.54. The molecule has 0 aliphatic heterocycles. The van der Waals surface area contributed by atoms with Crippen molar-refractivity contribution >= 4 is 21.7 Å². The fourth-order valence-electron chi connectivity index (χ4n) is 0.897. The van der Waals surface area contributed by atoms with Gasteiger partial charge in [0.2, 0.25) is 0 Å². The van der Waals surface area contributed by atoms with Gasteiger partial charge in [-0.15, -0.1) is 0 Å². The zero-order chi connectivity index (χ0) is 8.97. The second kappa shape index (κ2) is 4.47. The molecule has 12 heavy (non-hydrogen) atoms. The normalized spacial score (nSPS) is 10.5. The minimum absolute atomic E-state index is 0.535. The van der Waals surface area contributed by atoms with Gasteiger partial charge >= 0.3 is 0 Å². The number of nitrogens with zero attached hydrogens (tertiary/aromatic N) is 2. The standard InChI is InChI=1S/C7H12BrN3O/c1-12-4-2-3-11-5-6(8)7(9)10-11/h5H,2-4H2,1H3,(H2,9,10). The van der Waals surface area contributed by atoms with Gasteiger partial charge < -0.3 is 10.5 Å². The lowest BCUT2D eigenvalue weighted by Crippen LogP contribution is -2.02. The molecule has 1 rings (SSSR count). The van der Waals surface area contributed by atoms with Crippen molar-refractivity contribution in [3.63, 3.8) is 0 Å². The van der Waals surface area contributed by atoms with E-state index in [4.69, 9.17) is 10.5 Å². The highest BCUT2D eigenvalue weighted by Gasteiger charge is 2.00. The van der Waals surface area contributed by atoms with Crippen LogP contribution in [0, 0.1) is 0 Å². The summed E-state index contributed by atoms with van der Waals surface area (Å²) in [6.07, 6.45) is 2.81. The van der Waals surface area contributed by atoms with Gasteiger partial charge in [0.05, 0.1) is 4.47 Å². The Balaban J connectivity index is 2.42. The molecule has 5 heteroatoms. The molecule has 0 unspecified atom stereocenters. The molecule has 0 amide bonds. The van der Waals surface area contributed by atoms with Gasteiger partial charge in [0.15, 0.2) is 5.82 Å². The van der Waals surface area contributed by atoms with Crippen molar-refractivity contribution in [1.29, 1.82) is 0 Å². The summed E-state index contributed by atoms with van der Waals surface area (Å²) in [6, 6.07) is 0. The van der Waals surface area contributed by atoms with Gasteiger partial charge in [-0.05, 0) is 22.4 Å². The Hall–Kier alpha value is -0.550. The van der Waals surface area contributed by atoms with E-state index in [1.54, 1.807) is 11.8 Å². The molecular formula is C7H12BrN3O. The Labute approximate surface area is 79.8 Å². The quantitative estimate of drug-likeness (QED) is 0.798. The summed E-state index contributed by atoms with van der Waals surface area (Å²) in [5, 5.41) is 4.07. The van der Waals surface area contributed by atoms with E-state index in [-0.39, 0.29) is 0 Å². The van der Waals surface area contributed by atoms with Crippen LogP contribution in [0.1, 0.15) is 6.42 Å². The van der Waals surface area contributed by atoms with Gasteiger partial charge in [0, 0.05) is 26.5 Å². The van der Waals surface area contributed by atoms with E-state index in [0.717, 1.165) is 24.0 Å². The summed E-state index contributed by atoms with van der Waals surface area (Å²) in [7, 11) is 1.69. The van der Waals surface area contributed by atoms with Gasteiger partial charge in [0.1, 0.15) is 0 Å². The largest absolute Gasteiger partial charge is 0.385 e. The van der Waals surface area contributed by atoms with Crippen molar-refractivity contribution in [2.45, 2.75) is 13.0 Å². The zero-order valence-electron chi connectivity index (χ0n) is 6.96. The molecule has 0 bridgehead atoms. The average Bonchev–Trinajstić information content (AvgIpc) is 2.32. The lowest BCUT2D eigenvalue weighted by molar-refractivity contribution is 0.189. The summed E-state index contributed by atoms with van der Waals surface area (Å²) in [6.45, 7) is 1.58. The molecule has 1 aromatic rings. The van der Waals surface area contributed by atoms with Crippen molar-refractivity contribution in [2.24, 2.45) is 0 Å². The summed E-state index contributed by atoms with van der Waals surface area (Å²) < 4.78 is 7.57. The third kappa shape index (κ3) is 2.49. The predicted molar refractivity (Wildman–Crippen MR) is 50.8 cm³/mol. The minimum atomic E-state index is 0.535. The van der Waals surface area contributed by atoms with E-state index in [1.165, 1.54) is 0 Å². The maximum Gasteiger partial charge on any atom is 0.159 e. The lowest BCUT2D eigenvalue weighted by atomic mass is 10.4. The molecule has 0 saturated carbocycles. The van der Waals surface area contributed by atoms with Gasteiger partial charge in [-0.3, -0.25) is 4.68 Å². The molecule has 0 spiro atoms. The Kier molecular flexibility index (Phi) is 3.55. The lowest BCUT2D eigenvalue weighted by Gasteiger charge is -1.98. The molecule has 0 fully saturated rings. The van der Waals surface area contributed by atoms with Crippen LogP contribution in [0.2, 0.25) is 0 Å². The number of aryl methyl sites for hydroxylation is 1. The van der Waals surface area contributed by atoms with E-state index >= 15 is 0 Å². The first-order chi connectivity index (χ1) is 5.74. The first-order valence-electron chi connectivity index (χ1n) is 3.71. The molecule has 1 heterocycles. The van der Waals surface area contributed by atoms with Gasteiger partial charge in [-0.1, -0.05) is 0 Å². The van der Waals surface area contributed by atoms with Crippen LogP contribution in [0.25, 0.3) is 0 Å². The van der Waals surface area contributed by atoms with Crippen LogP contribution in [-0.2, 0) is 11.3 Å². The number of nitrogens with two attached hydrogens (primary N) is 1. The Morgan fingerprint density at radius 2 is 2.50 bits per heavy atom. The molecule has 0 aliphatic carbocycles. The minimum Gasteiger partial charge on any atom is -0.385 e. The molecule has 1 aromatic heterocycles. The van der Waals surface area contributed by atoms with Crippen LogP contribution < -0.4 is 5.73 Å². The van der Waals surface area contributed by atoms with Crippen molar-refractivity contribution in [1.82, 2.24) is 9.78 Å². The summed E-state index contributed by atoms with van der Waals surface area (Å²) >= 11 is 3.29. The van der Waals surface area contributed by atoms with Gasteiger partial charge in [0.25, 0.3) is 0 Å². The van der Waals surface area contributed by atoms with E-state index in [2.05, 4.69) is 21.0 Å². The van der Waals surface area contributed by atoms with E-state index in [0.29, 0.717) is 5.82 Å². The SMILES string of the molecule is COCCCn1cc(Br)c(N)n1. The van der Waals surface area contributed by atoms with Crippen molar-refractivity contribution in [3.05, 3.63) is 10.7 Å². The van der Waals surface area contributed by atoms with Crippen LogP contribution in [-0.4, -0.2) is 23.5 Å². The van der Waals surface area contributed by atoms with E-state index in [9.17, 15) is 0 Å². The fraction of sp³-hybridized carbons (Fsp3) is 0.571. The molecule has 0 aliphatic rings. The van der Waals surface area contributed by atoms with Crippen LogP contribution in [0.15, 0.2) is 10.7 Å². The predicted octanol–water partition coefficient (Wildman–Crippen LogP) is 1.26. The van der Waals surface area contributed by atoms with Gasteiger partial charge in [-0.25, -0.2) is 0 Å². The molecule has 0 aromatic carbocycles. The third-order valence-corrected chi connectivity index (χ3v) is 2.09. The Bertz CT molecular complexity index is 229. The number of halogens is 1. The zero-order valence-corrected chi connectivity index (χ0v) is 8.54. The van der Waals surface area contributed by atoms with Crippen molar-refractivity contribution in [2.75, 3.05) is 19.5 Å². The highest BCUT2D eigenvalue weighted by Crippen LogP contribution is 2.16. The Morgan fingerprint density at radius 1 is 1.75 bits per heavy atom. The Morgan fingerprint density at radius 3 is 3.00 bits per heavy atom.